The zero-order chi connectivity index (χ0) is 16.9. The second kappa shape index (κ2) is 8.08. The maximum Gasteiger partial charge on any atom is 0.248 e. The van der Waals surface area contributed by atoms with Gasteiger partial charge in [0.2, 0.25) is 11.8 Å². The molecule has 1 spiro atoms. The molecule has 2 aliphatic rings. The summed E-state index contributed by atoms with van der Waals surface area (Å²) in [5.41, 5.74) is -0.0964. The fourth-order valence-corrected chi connectivity index (χ4v) is 3.36. The molecule has 0 radical (unpaired) electrons. The summed E-state index contributed by atoms with van der Waals surface area (Å²) in [7, 11) is 5.57. The zero-order valence-corrected chi connectivity index (χ0v) is 14.5. The molecular formula is C16H29N3O4. The molecule has 2 rings (SSSR count). The Morgan fingerprint density at radius 1 is 1.17 bits per heavy atom. The van der Waals surface area contributed by atoms with E-state index in [1.54, 1.807) is 12.0 Å². The molecule has 2 fully saturated rings. The van der Waals surface area contributed by atoms with Gasteiger partial charge in [-0.3, -0.25) is 14.5 Å². The van der Waals surface area contributed by atoms with E-state index < -0.39 is 0 Å². The van der Waals surface area contributed by atoms with Crippen LogP contribution in [0, 0.1) is 0 Å². The molecule has 1 atom stereocenters. The fraction of sp³-hybridized carbons (Fsp3) is 0.875. The van der Waals surface area contributed by atoms with Gasteiger partial charge in [-0.2, -0.15) is 0 Å². The van der Waals surface area contributed by atoms with Crippen LogP contribution in [0.15, 0.2) is 0 Å². The van der Waals surface area contributed by atoms with Gasteiger partial charge in [0, 0.05) is 52.3 Å². The Labute approximate surface area is 138 Å². The maximum atomic E-state index is 12.4. The highest BCUT2D eigenvalue weighted by molar-refractivity contribution is 5.78. The number of amides is 2. The van der Waals surface area contributed by atoms with Crippen molar-refractivity contribution in [2.45, 2.75) is 24.8 Å². The molecule has 23 heavy (non-hydrogen) atoms. The summed E-state index contributed by atoms with van der Waals surface area (Å²) >= 11 is 0. The van der Waals surface area contributed by atoms with E-state index in [1.165, 1.54) is 0 Å². The van der Waals surface area contributed by atoms with Crippen LogP contribution in [0.2, 0.25) is 0 Å². The number of nitrogens with zero attached hydrogens (tertiary/aromatic N) is 3. The SMILES string of the molecule is COCCOCC(=O)N1CCN(C)[C@@]2(CCC(=O)N(C)CC2)C1. The number of hydrogen-bond donors (Lipinski definition) is 0. The second-order valence-corrected chi connectivity index (χ2v) is 6.57. The molecule has 0 aliphatic carbocycles. The first-order valence-electron chi connectivity index (χ1n) is 8.28. The van der Waals surface area contributed by atoms with Gasteiger partial charge in [-0.1, -0.05) is 0 Å². The monoisotopic (exact) mass is 327 g/mol. The molecule has 132 valence electrons. The molecule has 7 nitrogen and oxygen atoms in total. The Kier molecular flexibility index (Phi) is 6.38. The van der Waals surface area contributed by atoms with Crippen molar-refractivity contribution in [3.05, 3.63) is 0 Å². The summed E-state index contributed by atoms with van der Waals surface area (Å²) in [6, 6.07) is 0. The Balaban J connectivity index is 1.95. The van der Waals surface area contributed by atoms with Crippen molar-refractivity contribution in [1.82, 2.24) is 14.7 Å². The number of methoxy groups -OCH3 is 1. The van der Waals surface area contributed by atoms with Crippen molar-refractivity contribution < 1.29 is 19.1 Å². The Hall–Kier alpha value is -1.18. The van der Waals surface area contributed by atoms with E-state index in [0.29, 0.717) is 32.7 Å². The topological polar surface area (TPSA) is 62.3 Å². The highest BCUT2D eigenvalue weighted by atomic mass is 16.5. The molecule has 7 heteroatoms. The van der Waals surface area contributed by atoms with E-state index >= 15 is 0 Å². The number of likely N-dealkylation sites (tertiary alicyclic amines) is 1. The van der Waals surface area contributed by atoms with Gasteiger partial charge in [0.15, 0.2) is 0 Å². The molecule has 2 saturated heterocycles. The predicted octanol–water partition coefficient (Wildman–Crippen LogP) is -0.195. The van der Waals surface area contributed by atoms with Gasteiger partial charge in [-0.25, -0.2) is 0 Å². The third kappa shape index (κ3) is 4.43. The summed E-state index contributed by atoms with van der Waals surface area (Å²) in [6.45, 7) is 4.00. The summed E-state index contributed by atoms with van der Waals surface area (Å²) in [6.07, 6.45) is 2.26. The molecule has 2 aliphatic heterocycles. The fourth-order valence-electron chi connectivity index (χ4n) is 3.36. The summed E-state index contributed by atoms with van der Waals surface area (Å²) in [4.78, 5) is 30.4. The first-order valence-corrected chi connectivity index (χ1v) is 8.28. The largest absolute Gasteiger partial charge is 0.382 e. The molecule has 0 saturated carbocycles. The lowest BCUT2D eigenvalue weighted by Crippen LogP contribution is -2.62. The molecule has 0 aromatic rings. The lowest BCUT2D eigenvalue weighted by molar-refractivity contribution is -0.142. The first kappa shape index (κ1) is 18.2. The van der Waals surface area contributed by atoms with Crippen molar-refractivity contribution in [3.8, 4) is 0 Å². The van der Waals surface area contributed by atoms with E-state index in [0.717, 1.165) is 25.9 Å². The van der Waals surface area contributed by atoms with Gasteiger partial charge in [-0.05, 0) is 19.9 Å². The minimum Gasteiger partial charge on any atom is -0.382 e. The number of piperazine rings is 1. The van der Waals surface area contributed by atoms with Crippen LogP contribution < -0.4 is 0 Å². The minimum atomic E-state index is -0.0964. The Morgan fingerprint density at radius 3 is 2.70 bits per heavy atom. The first-order chi connectivity index (χ1) is 11.0. The molecule has 0 aromatic carbocycles. The lowest BCUT2D eigenvalue weighted by Gasteiger charge is -2.49. The van der Waals surface area contributed by atoms with Crippen LogP contribution in [-0.4, -0.2) is 99.3 Å². The average molecular weight is 327 g/mol. The highest BCUT2D eigenvalue weighted by Gasteiger charge is 2.42. The van der Waals surface area contributed by atoms with Gasteiger partial charge < -0.3 is 19.3 Å². The van der Waals surface area contributed by atoms with Crippen molar-refractivity contribution >= 4 is 11.8 Å². The molecule has 2 heterocycles. The molecular weight excluding hydrogens is 298 g/mol. The maximum absolute atomic E-state index is 12.4. The molecule has 0 bridgehead atoms. The van der Waals surface area contributed by atoms with E-state index in [-0.39, 0.29) is 24.0 Å². The van der Waals surface area contributed by atoms with Crippen molar-refractivity contribution in [2.24, 2.45) is 0 Å². The van der Waals surface area contributed by atoms with Crippen LogP contribution >= 0.6 is 0 Å². The summed E-state index contributed by atoms with van der Waals surface area (Å²) < 4.78 is 10.3. The quantitative estimate of drug-likeness (QED) is 0.655. The number of rotatable bonds is 5. The molecule has 0 unspecified atom stereocenters. The van der Waals surface area contributed by atoms with Crippen LogP contribution in [0.4, 0.5) is 0 Å². The Bertz CT molecular complexity index is 432. The third-order valence-corrected chi connectivity index (χ3v) is 5.15. The smallest absolute Gasteiger partial charge is 0.248 e. The Morgan fingerprint density at radius 2 is 1.96 bits per heavy atom. The normalized spacial score (nSPS) is 26.7. The van der Waals surface area contributed by atoms with Crippen LogP contribution in [0.1, 0.15) is 19.3 Å². The molecule has 2 amide bonds. The van der Waals surface area contributed by atoms with Crippen molar-refractivity contribution in [2.75, 3.05) is 67.2 Å². The molecule has 0 N–H and O–H groups in total. The van der Waals surface area contributed by atoms with Crippen LogP contribution in [0.3, 0.4) is 0 Å². The van der Waals surface area contributed by atoms with Crippen LogP contribution in [-0.2, 0) is 19.1 Å². The van der Waals surface area contributed by atoms with Crippen LogP contribution in [0.5, 0.6) is 0 Å². The van der Waals surface area contributed by atoms with E-state index in [1.807, 2.05) is 11.9 Å². The zero-order valence-electron chi connectivity index (χ0n) is 14.5. The molecule has 0 aromatic heterocycles. The predicted molar refractivity (Wildman–Crippen MR) is 86.1 cm³/mol. The number of carbonyl (C=O) groups is 2. The van der Waals surface area contributed by atoms with E-state index in [4.69, 9.17) is 9.47 Å². The van der Waals surface area contributed by atoms with Gasteiger partial charge in [0.1, 0.15) is 6.61 Å². The highest BCUT2D eigenvalue weighted by Crippen LogP contribution is 2.31. The van der Waals surface area contributed by atoms with Crippen molar-refractivity contribution in [1.29, 1.82) is 0 Å². The van der Waals surface area contributed by atoms with Gasteiger partial charge in [0.05, 0.1) is 13.2 Å². The van der Waals surface area contributed by atoms with Crippen LogP contribution in [0.25, 0.3) is 0 Å². The minimum absolute atomic E-state index is 0.0255. The van der Waals surface area contributed by atoms with Crippen molar-refractivity contribution in [3.63, 3.8) is 0 Å². The summed E-state index contributed by atoms with van der Waals surface area (Å²) in [5, 5.41) is 0. The van der Waals surface area contributed by atoms with Gasteiger partial charge in [0.25, 0.3) is 0 Å². The van der Waals surface area contributed by atoms with E-state index in [2.05, 4.69) is 11.9 Å². The second-order valence-electron chi connectivity index (χ2n) is 6.57. The van der Waals surface area contributed by atoms with E-state index in [9.17, 15) is 9.59 Å². The standard InChI is InChI=1S/C16H29N3O4/c1-17-7-6-16(5-4-14(17)20)13-19(9-8-18(16)2)15(21)12-23-11-10-22-3/h4-13H2,1-3H3/t16-/m1/s1. The number of carbonyl (C=O) groups excluding carboxylic acids is 2. The average Bonchev–Trinajstić information content (AvgIpc) is 2.69. The number of hydrogen-bond acceptors (Lipinski definition) is 5. The number of ether oxygens (including phenoxy) is 2. The van der Waals surface area contributed by atoms with Gasteiger partial charge in [-0.15, -0.1) is 0 Å². The third-order valence-electron chi connectivity index (χ3n) is 5.15. The lowest BCUT2D eigenvalue weighted by atomic mass is 9.86. The summed E-state index contributed by atoms with van der Waals surface area (Å²) in [5.74, 6) is 0.221. The van der Waals surface area contributed by atoms with Gasteiger partial charge >= 0.3 is 0 Å². The number of likely N-dealkylation sites (N-methyl/N-ethyl adjacent to an activating group) is 1.